The molecule has 0 spiro atoms. The summed E-state index contributed by atoms with van der Waals surface area (Å²) in [5.74, 6) is 0.0515. The van der Waals surface area contributed by atoms with Crippen molar-refractivity contribution in [2.75, 3.05) is 25.4 Å². The third-order valence-corrected chi connectivity index (χ3v) is 5.80. The van der Waals surface area contributed by atoms with Crippen molar-refractivity contribution in [3.8, 4) is 0 Å². The van der Waals surface area contributed by atoms with Gasteiger partial charge in [-0.2, -0.15) is 0 Å². The van der Waals surface area contributed by atoms with Crippen LogP contribution in [0.2, 0.25) is 0 Å². The van der Waals surface area contributed by atoms with E-state index in [1.54, 1.807) is 12.1 Å². The van der Waals surface area contributed by atoms with Crippen LogP contribution >= 0.6 is 12.2 Å². The van der Waals surface area contributed by atoms with E-state index in [1.165, 1.54) is 12.1 Å². The SMILES string of the molecule is NC(=S)c1ccc(S(=O)(=O)CCN2CCCC2CO)cc1. The number of rotatable bonds is 6. The van der Waals surface area contributed by atoms with Gasteiger partial charge in [0.2, 0.25) is 0 Å². The Labute approximate surface area is 130 Å². The number of benzene rings is 1. The molecule has 1 atom stereocenters. The molecule has 116 valence electrons. The zero-order valence-electron chi connectivity index (χ0n) is 11.7. The van der Waals surface area contributed by atoms with Gasteiger partial charge in [-0.05, 0) is 31.5 Å². The molecule has 0 amide bonds. The molecular formula is C14H20N2O3S2. The summed E-state index contributed by atoms with van der Waals surface area (Å²) in [4.78, 5) is 2.57. The van der Waals surface area contributed by atoms with Crippen molar-refractivity contribution in [1.29, 1.82) is 0 Å². The van der Waals surface area contributed by atoms with Crippen LogP contribution in [0.25, 0.3) is 0 Å². The quantitative estimate of drug-likeness (QED) is 0.742. The van der Waals surface area contributed by atoms with E-state index in [0.29, 0.717) is 12.1 Å². The molecule has 1 aromatic rings. The molecule has 1 saturated heterocycles. The van der Waals surface area contributed by atoms with Crippen LogP contribution in [0.5, 0.6) is 0 Å². The molecule has 1 aromatic carbocycles. The Kier molecular flexibility index (Phi) is 5.32. The van der Waals surface area contributed by atoms with E-state index in [9.17, 15) is 13.5 Å². The largest absolute Gasteiger partial charge is 0.395 e. The first-order chi connectivity index (χ1) is 9.94. The molecule has 3 N–H and O–H groups in total. The Morgan fingerprint density at radius 1 is 1.38 bits per heavy atom. The molecule has 7 heteroatoms. The zero-order chi connectivity index (χ0) is 15.5. The molecule has 1 fully saturated rings. The van der Waals surface area contributed by atoms with Crippen LogP contribution in [0.1, 0.15) is 18.4 Å². The van der Waals surface area contributed by atoms with E-state index in [4.69, 9.17) is 18.0 Å². The fraction of sp³-hybridized carbons (Fsp3) is 0.500. The zero-order valence-corrected chi connectivity index (χ0v) is 13.4. The molecule has 1 aliphatic heterocycles. The van der Waals surface area contributed by atoms with Crippen LogP contribution in [0, 0.1) is 0 Å². The van der Waals surface area contributed by atoms with E-state index >= 15 is 0 Å². The van der Waals surface area contributed by atoms with Crippen LogP contribution in [0.15, 0.2) is 29.2 Å². The highest BCUT2D eigenvalue weighted by atomic mass is 32.2. The number of nitrogens with zero attached hydrogens (tertiary/aromatic N) is 1. The number of likely N-dealkylation sites (tertiary alicyclic amines) is 1. The highest BCUT2D eigenvalue weighted by Crippen LogP contribution is 2.18. The molecule has 0 saturated carbocycles. The standard InChI is InChI=1S/C14H20N2O3S2/c15-14(20)11-3-5-13(6-4-11)21(18,19)9-8-16-7-1-2-12(16)10-17/h3-6,12,17H,1-2,7-10H2,(H2,15,20). The molecule has 1 heterocycles. The highest BCUT2D eigenvalue weighted by Gasteiger charge is 2.25. The van der Waals surface area contributed by atoms with Gasteiger partial charge in [0.1, 0.15) is 4.99 Å². The van der Waals surface area contributed by atoms with Crippen LogP contribution in [0.4, 0.5) is 0 Å². The molecule has 0 radical (unpaired) electrons. The Balaban J connectivity index is 2.02. The summed E-state index contributed by atoms with van der Waals surface area (Å²) in [7, 11) is -3.33. The van der Waals surface area contributed by atoms with E-state index in [0.717, 1.165) is 19.4 Å². The summed E-state index contributed by atoms with van der Waals surface area (Å²) in [5, 5.41) is 9.25. The van der Waals surface area contributed by atoms with Gasteiger partial charge in [0.25, 0.3) is 0 Å². The van der Waals surface area contributed by atoms with Gasteiger partial charge in [-0.3, -0.25) is 4.90 Å². The summed E-state index contributed by atoms with van der Waals surface area (Å²) >= 11 is 4.85. The number of thiocarbonyl (C=S) groups is 1. The van der Waals surface area contributed by atoms with Crippen molar-refractivity contribution in [3.63, 3.8) is 0 Å². The predicted molar refractivity (Wildman–Crippen MR) is 86.1 cm³/mol. The molecule has 1 aliphatic rings. The average molecular weight is 328 g/mol. The smallest absolute Gasteiger partial charge is 0.179 e. The molecule has 5 nitrogen and oxygen atoms in total. The minimum Gasteiger partial charge on any atom is -0.395 e. The van der Waals surface area contributed by atoms with Crippen molar-refractivity contribution >= 4 is 27.0 Å². The van der Waals surface area contributed by atoms with Crippen molar-refractivity contribution in [3.05, 3.63) is 29.8 Å². The van der Waals surface area contributed by atoms with Crippen LogP contribution in [-0.4, -0.2) is 54.9 Å². The molecular weight excluding hydrogens is 308 g/mol. The second kappa shape index (κ2) is 6.83. The molecule has 0 aromatic heterocycles. The predicted octanol–water partition coefficient (Wildman–Crippen LogP) is 0.551. The second-order valence-corrected chi connectivity index (χ2v) is 7.77. The fourth-order valence-electron chi connectivity index (χ4n) is 2.58. The maximum atomic E-state index is 12.3. The normalized spacial score (nSPS) is 19.8. The first-order valence-corrected chi connectivity index (χ1v) is 8.97. The Morgan fingerprint density at radius 3 is 2.62 bits per heavy atom. The third-order valence-electron chi connectivity index (χ3n) is 3.86. The van der Waals surface area contributed by atoms with E-state index in [1.807, 2.05) is 4.90 Å². The average Bonchev–Trinajstić information content (AvgIpc) is 2.93. The number of sulfone groups is 1. The van der Waals surface area contributed by atoms with Gasteiger partial charge in [-0.15, -0.1) is 0 Å². The lowest BCUT2D eigenvalue weighted by molar-refractivity contribution is 0.165. The molecule has 0 bridgehead atoms. The van der Waals surface area contributed by atoms with Gasteiger partial charge in [0.05, 0.1) is 17.3 Å². The van der Waals surface area contributed by atoms with Crippen molar-refractivity contribution in [2.45, 2.75) is 23.8 Å². The number of hydrogen-bond donors (Lipinski definition) is 2. The number of aliphatic hydroxyl groups is 1. The molecule has 21 heavy (non-hydrogen) atoms. The van der Waals surface area contributed by atoms with Crippen LogP contribution in [-0.2, 0) is 9.84 Å². The number of aliphatic hydroxyl groups excluding tert-OH is 1. The summed E-state index contributed by atoms with van der Waals surface area (Å²) in [5.41, 5.74) is 6.15. The Bertz CT molecular complexity index is 599. The molecule has 2 rings (SSSR count). The topological polar surface area (TPSA) is 83.6 Å². The van der Waals surface area contributed by atoms with Crippen LogP contribution in [0.3, 0.4) is 0 Å². The lowest BCUT2D eigenvalue weighted by Crippen LogP contribution is -2.35. The van der Waals surface area contributed by atoms with Crippen molar-refractivity contribution < 1.29 is 13.5 Å². The molecule has 0 aliphatic carbocycles. The van der Waals surface area contributed by atoms with Crippen molar-refractivity contribution in [2.24, 2.45) is 5.73 Å². The first-order valence-electron chi connectivity index (χ1n) is 6.91. The highest BCUT2D eigenvalue weighted by molar-refractivity contribution is 7.91. The minimum absolute atomic E-state index is 0.0515. The van der Waals surface area contributed by atoms with Gasteiger partial charge in [0, 0.05) is 18.2 Å². The summed E-state index contributed by atoms with van der Waals surface area (Å²) in [6.45, 7) is 1.38. The Morgan fingerprint density at radius 2 is 2.05 bits per heavy atom. The maximum Gasteiger partial charge on any atom is 0.179 e. The third kappa shape index (κ3) is 4.00. The first kappa shape index (κ1) is 16.4. The minimum atomic E-state index is -3.33. The molecule has 1 unspecified atom stereocenters. The van der Waals surface area contributed by atoms with Gasteiger partial charge in [-0.25, -0.2) is 8.42 Å². The lowest BCUT2D eigenvalue weighted by Gasteiger charge is -2.22. The summed E-state index contributed by atoms with van der Waals surface area (Å²) < 4.78 is 24.6. The van der Waals surface area contributed by atoms with Gasteiger partial charge < -0.3 is 10.8 Å². The van der Waals surface area contributed by atoms with Gasteiger partial charge in [-0.1, -0.05) is 24.4 Å². The monoisotopic (exact) mass is 328 g/mol. The maximum absolute atomic E-state index is 12.3. The Hall–Kier alpha value is -1.02. The van der Waals surface area contributed by atoms with E-state index in [2.05, 4.69) is 0 Å². The van der Waals surface area contributed by atoms with E-state index in [-0.39, 0.29) is 28.3 Å². The second-order valence-electron chi connectivity index (χ2n) is 5.22. The van der Waals surface area contributed by atoms with Gasteiger partial charge >= 0.3 is 0 Å². The number of nitrogens with two attached hydrogens (primary N) is 1. The fourth-order valence-corrected chi connectivity index (χ4v) is 3.98. The number of hydrogen-bond acceptors (Lipinski definition) is 5. The van der Waals surface area contributed by atoms with Crippen molar-refractivity contribution in [1.82, 2.24) is 4.90 Å². The lowest BCUT2D eigenvalue weighted by atomic mass is 10.2. The van der Waals surface area contributed by atoms with Crippen LogP contribution < -0.4 is 5.73 Å². The van der Waals surface area contributed by atoms with E-state index < -0.39 is 9.84 Å². The summed E-state index contributed by atoms with van der Waals surface area (Å²) in [6, 6.07) is 6.43. The van der Waals surface area contributed by atoms with Gasteiger partial charge in [0.15, 0.2) is 9.84 Å². The summed E-state index contributed by atoms with van der Waals surface area (Å²) in [6.07, 6.45) is 1.94.